The molecular formula is C14H14IN5O2. The fourth-order valence-electron chi connectivity index (χ4n) is 1.88. The maximum absolute atomic E-state index is 11.9. The molecule has 0 amide bonds. The number of aromatic nitrogens is 4. The van der Waals surface area contributed by atoms with Crippen LogP contribution in [0.2, 0.25) is 0 Å². The summed E-state index contributed by atoms with van der Waals surface area (Å²) in [6, 6.07) is 9.41. The van der Waals surface area contributed by atoms with E-state index in [0.717, 1.165) is 5.56 Å². The second kappa shape index (κ2) is 7.16. The van der Waals surface area contributed by atoms with Crippen LogP contribution in [0, 0.1) is 0 Å². The zero-order chi connectivity index (χ0) is 14.7. The fraction of sp³-hybridized carbons (Fsp3) is 0.143. The molecule has 114 valence electrons. The van der Waals surface area contributed by atoms with Crippen molar-refractivity contribution in [1.29, 1.82) is 0 Å². The molecule has 2 aromatic heterocycles. The predicted molar refractivity (Wildman–Crippen MR) is 70.3 cm³/mol. The summed E-state index contributed by atoms with van der Waals surface area (Å²) < 4.78 is 9.75. The van der Waals surface area contributed by atoms with E-state index < -0.39 is 6.02 Å². The van der Waals surface area contributed by atoms with E-state index in [0.29, 0.717) is 6.54 Å². The number of benzene rings is 1. The highest BCUT2D eigenvalue weighted by Crippen LogP contribution is 2.06. The first-order valence-corrected chi connectivity index (χ1v) is 6.40. The van der Waals surface area contributed by atoms with Crippen LogP contribution in [-0.2, 0) is 13.6 Å². The van der Waals surface area contributed by atoms with E-state index in [1.807, 2.05) is 37.4 Å². The number of hydrogen-bond acceptors (Lipinski definition) is 4. The molecule has 3 rings (SSSR count). The molecule has 7 nitrogen and oxygen atoms in total. The number of nitrogens with zero attached hydrogens (tertiary/aromatic N) is 5. The van der Waals surface area contributed by atoms with Crippen molar-refractivity contribution in [2.45, 2.75) is 6.54 Å². The van der Waals surface area contributed by atoms with Gasteiger partial charge in [-0.25, -0.2) is 4.57 Å². The molecule has 3 aromatic rings. The van der Waals surface area contributed by atoms with Crippen LogP contribution in [0.1, 0.15) is 5.56 Å². The average molecular weight is 411 g/mol. The number of rotatable bonds is 3. The lowest BCUT2D eigenvalue weighted by atomic mass is 10.2. The van der Waals surface area contributed by atoms with E-state index in [1.165, 1.54) is 4.57 Å². The first-order valence-electron chi connectivity index (χ1n) is 6.40. The van der Waals surface area contributed by atoms with Crippen molar-refractivity contribution in [2.75, 3.05) is 0 Å². The van der Waals surface area contributed by atoms with E-state index in [9.17, 15) is 5.11 Å². The molecule has 0 spiro atoms. The molecule has 0 bridgehead atoms. The van der Waals surface area contributed by atoms with Gasteiger partial charge in [-0.3, -0.25) is 4.52 Å². The minimum absolute atomic E-state index is 0. The Bertz CT molecular complexity index is 766. The first-order chi connectivity index (χ1) is 10.2. The van der Waals surface area contributed by atoms with Gasteiger partial charge >= 0.3 is 5.88 Å². The average Bonchev–Trinajstić information content (AvgIpc) is 3.09. The van der Waals surface area contributed by atoms with Crippen LogP contribution in [0.3, 0.4) is 0 Å². The van der Waals surface area contributed by atoms with E-state index in [2.05, 4.69) is 10.3 Å². The largest absolute Gasteiger partial charge is 1.00 e. The normalized spacial score (nSPS) is 11.2. The van der Waals surface area contributed by atoms with Crippen molar-refractivity contribution >= 4 is 11.9 Å². The van der Waals surface area contributed by atoms with Crippen molar-refractivity contribution < 1.29 is 42.9 Å². The Morgan fingerprint density at radius 3 is 2.82 bits per heavy atom. The molecule has 0 unspecified atom stereocenters. The number of imidazole rings is 1. The minimum Gasteiger partial charge on any atom is -1.00 e. The summed E-state index contributed by atoms with van der Waals surface area (Å²) in [6.07, 6.45) is 6.60. The fourth-order valence-corrected chi connectivity index (χ4v) is 1.88. The first kappa shape index (κ1) is 16.1. The van der Waals surface area contributed by atoms with Gasteiger partial charge in [0.1, 0.15) is 12.4 Å². The van der Waals surface area contributed by atoms with Crippen LogP contribution in [0.25, 0.3) is 0 Å². The standard InChI is InChI=1S/C14H14N5O2.HI/c1-17-7-8-18(11-17)14(20)15-13-10-19(16-21-13)9-12-5-3-2-4-6-12;/h2-8,10-11H,9H2,1H3;1H/q+1;/p-1. The monoisotopic (exact) mass is 411 g/mol. The Morgan fingerprint density at radius 1 is 1.36 bits per heavy atom. The highest BCUT2D eigenvalue weighted by Gasteiger charge is 2.12. The summed E-state index contributed by atoms with van der Waals surface area (Å²) >= 11 is 0. The van der Waals surface area contributed by atoms with Crippen molar-refractivity contribution in [1.82, 2.24) is 9.84 Å². The summed E-state index contributed by atoms with van der Waals surface area (Å²) in [5.74, 6) is 0.173. The third kappa shape index (κ3) is 3.91. The molecule has 8 heteroatoms. The topological polar surface area (TPSA) is 74.1 Å². The van der Waals surface area contributed by atoms with Crippen molar-refractivity contribution in [2.24, 2.45) is 12.0 Å². The van der Waals surface area contributed by atoms with Crippen LogP contribution >= 0.6 is 0 Å². The second-order valence-corrected chi connectivity index (χ2v) is 4.60. The maximum atomic E-state index is 11.9. The molecule has 0 saturated carbocycles. The molecule has 1 aromatic carbocycles. The molecule has 2 heterocycles. The van der Waals surface area contributed by atoms with E-state index in [4.69, 9.17) is 4.52 Å². The third-order valence-corrected chi connectivity index (χ3v) is 2.88. The summed E-state index contributed by atoms with van der Waals surface area (Å²) in [7, 11) is 1.83. The third-order valence-electron chi connectivity index (χ3n) is 2.88. The number of halogens is 1. The zero-order valence-corrected chi connectivity index (χ0v) is 14.0. The lowest BCUT2D eigenvalue weighted by Gasteiger charge is -2.01. The van der Waals surface area contributed by atoms with Gasteiger partial charge in [-0.15, -0.1) is 0 Å². The van der Waals surface area contributed by atoms with Gasteiger partial charge in [0.25, 0.3) is 6.20 Å². The van der Waals surface area contributed by atoms with Crippen molar-refractivity contribution in [3.63, 3.8) is 0 Å². The molecule has 0 aliphatic rings. The Balaban J connectivity index is 0.00000176. The molecule has 0 N–H and O–H groups in total. The molecule has 0 aliphatic heterocycles. The molecule has 0 aliphatic carbocycles. The van der Waals surface area contributed by atoms with Crippen LogP contribution in [0.4, 0.5) is 5.88 Å². The molecule has 0 saturated heterocycles. The Morgan fingerprint density at radius 2 is 2.14 bits per heavy atom. The van der Waals surface area contributed by atoms with Gasteiger partial charge < -0.3 is 29.1 Å². The highest BCUT2D eigenvalue weighted by atomic mass is 127. The summed E-state index contributed by atoms with van der Waals surface area (Å²) in [4.78, 5) is 3.87. The quantitative estimate of drug-likeness (QED) is 0.195. The number of aryl methyl sites for hydroxylation is 1. The highest BCUT2D eigenvalue weighted by molar-refractivity contribution is 5.73. The van der Waals surface area contributed by atoms with Gasteiger partial charge in [0.05, 0.1) is 7.05 Å². The molecule has 0 radical (unpaired) electrons. The Hall–Kier alpha value is -2.23. The maximum Gasteiger partial charge on any atom is 0.324 e. The summed E-state index contributed by atoms with van der Waals surface area (Å²) in [6.45, 7) is 0.562. The number of hydrogen-bond donors (Lipinski definition) is 0. The predicted octanol–water partition coefficient (Wildman–Crippen LogP) is -3.46. The van der Waals surface area contributed by atoms with Gasteiger partial charge in [-0.1, -0.05) is 30.3 Å². The van der Waals surface area contributed by atoms with Gasteiger partial charge in [-0.05, 0) is 4.68 Å². The summed E-state index contributed by atoms with van der Waals surface area (Å²) in [5.41, 5.74) is 1.09. The van der Waals surface area contributed by atoms with Gasteiger partial charge in [0.15, 0.2) is 6.02 Å². The summed E-state index contributed by atoms with van der Waals surface area (Å²) in [5, 5.41) is 15.7. The van der Waals surface area contributed by atoms with Crippen LogP contribution < -0.4 is 38.3 Å². The van der Waals surface area contributed by atoms with Crippen LogP contribution in [0.15, 0.2) is 64.8 Å². The van der Waals surface area contributed by atoms with E-state index in [1.54, 1.807) is 34.2 Å². The molecule has 0 atom stereocenters. The Kier molecular flexibility index (Phi) is 5.26. The van der Waals surface area contributed by atoms with E-state index in [-0.39, 0.29) is 29.9 Å². The smallest absolute Gasteiger partial charge is 0.324 e. The zero-order valence-electron chi connectivity index (χ0n) is 11.8. The van der Waals surface area contributed by atoms with E-state index >= 15 is 0 Å². The molecule has 0 fully saturated rings. The van der Waals surface area contributed by atoms with Crippen LogP contribution in [-0.4, -0.2) is 15.9 Å². The van der Waals surface area contributed by atoms with Crippen LogP contribution in [0.5, 0.6) is 0 Å². The minimum atomic E-state index is -0.432. The van der Waals surface area contributed by atoms with Gasteiger partial charge in [0.2, 0.25) is 18.1 Å². The lowest BCUT2D eigenvalue weighted by Crippen LogP contribution is -3.00. The lowest BCUT2D eigenvalue weighted by molar-refractivity contribution is -0.754. The SMILES string of the molecule is C[n+]1ccn(/C([O-])=N/c2c[n+](Cc3ccccc3)no2)c1.[I-]. The molecule has 22 heavy (non-hydrogen) atoms. The second-order valence-electron chi connectivity index (χ2n) is 4.60. The van der Waals surface area contributed by atoms with Gasteiger partial charge in [-0.2, -0.15) is 9.56 Å². The Labute approximate surface area is 144 Å². The van der Waals surface area contributed by atoms with Crippen molar-refractivity contribution in [3.05, 3.63) is 60.8 Å². The van der Waals surface area contributed by atoms with Gasteiger partial charge in [0, 0.05) is 5.56 Å². The number of aliphatic imine (C=N–C) groups is 1. The van der Waals surface area contributed by atoms with Crippen molar-refractivity contribution in [3.8, 4) is 0 Å². The molecular weight excluding hydrogens is 397 g/mol.